The molecule has 2 saturated heterocycles. The third-order valence-electron chi connectivity index (χ3n) is 6.13. The van der Waals surface area contributed by atoms with Crippen LogP contribution in [0.15, 0.2) is 54.6 Å². The zero-order valence-electron chi connectivity index (χ0n) is 16.3. The Labute approximate surface area is 167 Å². The summed E-state index contributed by atoms with van der Waals surface area (Å²) in [7, 11) is -3.38. The van der Waals surface area contributed by atoms with Gasteiger partial charge < -0.3 is 4.90 Å². The SMILES string of the molecule is CC(=O)N1C[C@H]2CN(S(=O)(=O)Cc3ccccc3)C[C@H]2[C@@H]1c1ccccc1C. The molecular weight excluding hydrogens is 372 g/mol. The second kappa shape index (κ2) is 7.33. The normalized spacial score (nSPS) is 25.1. The first-order valence-electron chi connectivity index (χ1n) is 9.71. The number of amides is 1. The molecule has 2 heterocycles. The molecule has 0 saturated carbocycles. The van der Waals surface area contributed by atoms with Gasteiger partial charge in [0.1, 0.15) is 0 Å². The maximum atomic E-state index is 13.0. The Morgan fingerprint density at radius 2 is 1.68 bits per heavy atom. The van der Waals surface area contributed by atoms with Crippen molar-refractivity contribution in [1.29, 1.82) is 0 Å². The molecule has 0 bridgehead atoms. The van der Waals surface area contributed by atoms with Crippen LogP contribution in [0.4, 0.5) is 0 Å². The average Bonchev–Trinajstić information content (AvgIpc) is 3.21. The first-order valence-corrected chi connectivity index (χ1v) is 11.3. The molecule has 0 aromatic heterocycles. The van der Waals surface area contributed by atoms with Gasteiger partial charge in [0.05, 0.1) is 11.8 Å². The topological polar surface area (TPSA) is 57.7 Å². The van der Waals surface area contributed by atoms with Gasteiger partial charge in [0.15, 0.2) is 0 Å². The van der Waals surface area contributed by atoms with Crippen molar-refractivity contribution in [3.63, 3.8) is 0 Å². The summed E-state index contributed by atoms with van der Waals surface area (Å²) in [5.41, 5.74) is 3.08. The standard InChI is InChI=1S/C22H26N2O3S/c1-16-8-6-7-11-20(16)22-21-14-23(12-19(21)13-24(22)17(2)25)28(26,27)15-18-9-4-3-5-10-18/h3-11,19,21-22H,12-15H2,1-2H3/t19-,21-,22+/m1/s1. The molecule has 2 fully saturated rings. The summed E-state index contributed by atoms with van der Waals surface area (Å²) in [4.78, 5) is 14.2. The lowest BCUT2D eigenvalue weighted by molar-refractivity contribution is -0.130. The van der Waals surface area contributed by atoms with Crippen molar-refractivity contribution in [1.82, 2.24) is 9.21 Å². The quantitative estimate of drug-likeness (QED) is 0.796. The van der Waals surface area contributed by atoms with Gasteiger partial charge in [-0.1, -0.05) is 54.6 Å². The van der Waals surface area contributed by atoms with Gasteiger partial charge in [0.2, 0.25) is 15.9 Å². The molecule has 3 atom stereocenters. The fourth-order valence-electron chi connectivity index (χ4n) is 4.75. The summed E-state index contributed by atoms with van der Waals surface area (Å²) in [6.45, 7) is 5.25. The zero-order chi connectivity index (χ0) is 19.9. The number of carbonyl (C=O) groups is 1. The molecule has 2 aromatic carbocycles. The fourth-order valence-corrected chi connectivity index (χ4v) is 6.36. The van der Waals surface area contributed by atoms with Crippen LogP contribution in [-0.2, 0) is 20.6 Å². The second-order valence-electron chi connectivity index (χ2n) is 7.96. The minimum absolute atomic E-state index is 0.0265. The monoisotopic (exact) mass is 398 g/mol. The van der Waals surface area contributed by atoms with Gasteiger partial charge in [0.25, 0.3) is 0 Å². The molecule has 2 aliphatic heterocycles. The van der Waals surface area contributed by atoms with Crippen molar-refractivity contribution in [2.24, 2.45) is 11.8 Å². The number of benzene rings is 2. The molecule has 0 radical (unpaired) electrons. The van der Waals surface area contributed by atoms with E-state index in [1.54, 1.807) is 11.2 Å². The molecule has 0 N–H and O–H groups in total. The average molecular weight is 399 g/mol. The molecule has 2 aromatic rings. The molecule has 2 aliphatic rings. The summed E-state index contributed by atoms with van der Waals surface area (Å²) < 4.78 is 27.6. The minimum Gasteiger partial charge on any atom is -0.335 e. The molecule has 0 unspecified atom stereocenters. The maximum absolute atomic E-state index is 13.0. The van der Waals surface area contributed by atoms with Crippen LogP contribution in [0, 0.1) is 18.8 Å². The number of hydrogen-bond donors (Lipinski definition) is 0. The predicted octanol–water partition coefficient (Wildman–Crippen LogP) is 2.98. The van der Waals surface area contributed by atoms with Crippen molar-refractivity contribution in [3.05, 3.63) is 71.3 Å². The maximum Gasteiger partial charge on any atom is 0.219 e. The van der Waals surface area contributed by atoms with E-state index in [-0.39, 0.29) is 29.5 Å². The Kier molecular flexibility index (Phi) is 5.02. The highest BCUT2D eigenvalue weighted by Gasteiger charge is 2.50. The van der Waals surface area contributed by atoms with Crippen LogP contribution in [0.1, 0.15) is 29.7 Å². The highest BCUT2D eigenvalue weighted by molar-refractivity contribution is 7.88. The number of fused-ring (bicyclic) bond motifs is 1. The zero-order valence-corrected chi connectivity index (χ0v) is 17.1. The Morgan fingerprint density at radius 3 is 2.36 bits per heavy atom. The van der Waals surface area contributed by atoms with E-state index in [4.69, 9.17) is 0 Å². The first-order chi connectivity index (χ1) is 13.4. The summed E-state index contributed by atoms with van der Waals surface area (Å²) in [5, 5.41) is 0. The molecule has 28 heavy (non-hydrogen) atoms. The highest BCUT2D eigenvalue weighted by Crippen LogP contribution is 2.46. The lowest BCUT2D eigenvalue weighted by atomic mass is 9.87. The summed E-state index contributed by atoms with van der Waals surface area (Å²) in [5.74, 6) is 0.398. The number of aryl methyl sites for hydroxylation is 1. The molecule has 0 spiro atoms. The summed E-state index contributed by atoms with van der Waals surface area (Å²) in [6.07, 6.45) is 0. The van der Waals surface area contributed by atoms with Gasteiger partial charge in [-0.2, -0.15) is 0 Å². The van der Waals surface area contributed by atoms with Gasteiger partial charge in [0, 0.05) is 32.5 Å². The number of carbonyl (C=O) groups excluding carboxylic acids is 1. The smallest absolute Gasteiger partial charge is 0.219 e. The molecular formula is C22H26N2O3S. The van der Waals surface area contributed by atoms with E-state index in [9.17, 15) is 13.2 Å². The van der Waals surface area contributed by atoms with Gasteiger partial charge in [-0.3, -0.25) is 4.79 Å². The molecule has 6 heteroatoms. The van der Waals surface area contributed by atoms with Crippen molar-refractivity contribution in [2.45, 2.75) is 25.6 Å². The van der Waals surface area contributed by atoms with Gasteiger partial charge in [-0.15, -0.1) is 0 Å². The lowest BCUT2D eigenvalue weighted by Gasteiger charge is -2.30. The van der Waals surface area contributed by atoms with E-state index >= 15 is 0 Å². The number of rotatable bonds is 4. The van der Waals surface area contributed by atoms with E-state index in [0.29, 0.717) is 19.6 Å². The van der Waals surface area contributed by atoms with Gasteiger partial charge in [-0.25, -0.2) is 12.7 Å². The minimum atomic E-state index is -3.38. The van der Waals surface area contributed by atoms with E-state index in [0.717, 1.165) is 16.7 Å². The third kappa shape index (κ3) is 3.47. The number of sulfonamides is 1. The van der Waals surface area contributed by atoms with E-state index < -0.39 is 10.0 Å². The van der Waals surface area contributed by atoms with E-state index in [2.05, 4.69) is 19.1 Å². The van der Waals surface area contributed by atoms with Crippen LogP contribution in [0.25, 0.3) is 0 Å². The van der Waals surface area contributed by atoms with Crippen LogP contribution in [0.2, 0.25) is 0 Å². The number of nitrogens with zero attached hydrogens (tertiary/aromatic N) is 2. The number of hydrogen-bond acceptors (Lipinski definition) is 3. The molecule has 0 aliphatic carbocycles. The summed E-state index contributed by atoms with van der Waals surface area (Å²) in [6, 6.07) is 17.4. The molecule has 4 rings (SSSR count). The van der Waals surface area contributed by atoms with Crippen LogP contribution >= 0.6 is 0 Å². The predicted molar refractivity (Wildman–Crippen MR) is 109 cm³/mol. The Morgan fingerprint density at radius 1 is 1.00 bits per heavy atom. The van der Waals surface area contributed by atoms with Crippen molar-refractivity contribution < 1.29 is 13.2 Å². The Balaban J connectivity index is 1.60. The van der Waals surface area contributed by atoms with E-state index in [1.165, 1.54) is 0 Å². The Hall–Kier alpha value is -2.18. The summed E-state index contributed by atoms with van der Waals surface area (Å²) >= 11 is 0. The van der Waals surface area contributed by atoms with Crippen LogP contribution in [-0.4, -0.2) is 43.2 Å². The van der Waals surface area contributed by atoms with Crippen molar-refractivity contribution in [3.8, 4) is 0 Å². The lowest BCUT2D eigenvalue weighted by Crippen LogP contribution is -2.37. The molecule has 5 nitrogen and oxygen atoms in total. The third-order valence-corrected chi connectivity index (χ3v) is 7.91. The van der Waals surface area contributed by atoms with Gasteiger partial charge in [-0.05, 0) is 29.5 Å². The Bertz CT molecular complexity index is 974. The van der Waals surface area contributed by atoms with Crippen molar-refractivity contribution in [2.75, 3.05) is 19.6 Å². The molecule has 1 amide bonds. The van der Waals surface area contributed by atoms with Gasteiger partial charge >= 0.3 is 0 Å². The second-order valence-corrected chi connectivity index (χ2v) is 9.92. The largest absolute Gasteiger partial charge is 0.335 e. The van der Waals surface area contributed by atoms with Crippen LogP contribution in [0.5, 0.6) is 0 Å². The first kappa shape index (κ1) is 19.2. The molecule has 148 valence electrons. The number of likely N-dealkylation sites (tertiary alicyclic amines) is 1. The van der Waals surface area contributed by atoms with E-state index in [1.807, 2.05) is 47.4 Å². The van der Waals surface area contributed by atoms with Crippen LogP contribution < -0.4 is 0 Å². The fraction of sp³-hybridized carbons (Fsp3) is 0.409. The van der Waals surface area contributed by atoms with Crippen LogP contribution in [0.3, 0.4) is 0 Å². The highest BCUT2D eigenvalue weighted by atomic mass is 32.2. The van der Waals surface area contributed by atoms with Crippen molar-refractivity contribution >= 4 is 15.9 Å².